The lowest BCUT2D eigenvalue weighted by Crippen LogP contribution is -2.14. The fourth-order valence-electron chi connectivity index (χ4n) is 12.5. The molecule has 30 nitrogen and oxygen atoms in total. The first-order valence-electron chi connectivity index (χ1n) is 41.2. The number of nitrogens with one attached hydrogen (secondary N) is 6. The van der Waals surface area contributed by atoms with E-state index in [2.05, 4.69) is 141 Å². The Balaban J connectivity index is 0.000000135. The molecule has 0 saturated carbocycles. The predicted molar refractivity (Wildman–Crippen MR) is 484 cm³/mol. The molecule has 0 aliphatic carbocycles. The van der Waals surface area contributed by atoms with Crippen LogP contribution in [-0.2, 0) is 24.2 Å². The molecule has 0 atom stereocenters. The van der Waals surface area contributed by atoms with E-state index in [9.17, 15) is 48.3 Å². The molecule has 18 rings (SSSR count). The first-order chi connectivity index (χ1) is 62.6. The van der Waals surface area contributed by atoms with Crippen LogP contribution in [0.15, 0.2) is 157 Å². The van der Waals surface area contributed by atoms with Gasteiger partial charge in [0.25, 0.3) is 34.7 Å². The van der Waals surface area contributed by atoms with Crippen molar-refractivity contribution >= 4 is 115 Å². The molecule has 0 aliphatic heterocycles. The van der Waals surface area contributed by atoms with E-state index in [0.717, 1.165) is 85.1 Å². The molecule has 0 saturated heterocycles. The van der Waals surface area contributed by atoms with Gasteiger partial charge in [0.05, 0.1) is 0 Å². The number of hydrogen-bond acceptors (Lipinski definition) is 25. The summed E-state index contributed by atoms with van der Waals surface area (Å²) in [5.74, 6) is -7.39. The third-order valence-electron chi connectivity index (χ3n) is 19.7. The van der Waals surface area contributed by atoms with Crippen LogP contribution in [0.3, 0.4) is 0 Å². The van der Waals surface area contributed by atoms with Crippen LogP contribution in [0, 0.1) is 119 Å². The van der Waals surface area contributed by atoms with Crippen molar-refractivity contribution in [2.75, 3.05) is 38.2 Å². The van der Waals surface area contributed by atoms with Gasteiger partial charge in [0, 0.05) is 142 Å². The third-order valence-corrected chi connectivity index (χ3v) is 20.3. The topological polar surface area (TPSA) is 331 Å². The number of fused-ring (bicyclic) bond motifs is 6. The van der Waals surface area contributed by atoms with E-state index in [1.165, 1.54) is 82.8 Å². The highest BCUT2D eigenvalue weighted by molar-refractivity contribution is 7.98. The average Bonchev–Trinajstić information content (AvgIpc) is 1.63. The SMILES string of the molecule is CCC(F)(F)c1nc2nc(C)cc(Nc3ccc(C)cc3)n2n1.CCC(F)(F)c1nc2nc(C)cc(Nc3ccc(C)cc3)n2n1.CCc1nc2nc(C)cc(Nc3ccc(C)c(F)c3)n2n1.CSc1nc2nc(C)cc(Nc3ccc(C)cc3)n2n1.Cc1cc(Nc2cc(F)c(C)c(F)c2)n2nc(C(C)(F)F)nc2n1.Cc1cc(Nc2cc(F)c(C)c(F)c2)n2nc(C)nc2n1. The molecular weight excluding hydrogens is 1740 g/mol. The number of rotatable bonds is 19. The summed E-state index contributed by atoms with van der Waals surface area (Å²) in [4.78, 5) is 49.7. The van der Waals surface area contributed by atoms with E-state index >= 15 is 0 Å². The molecule has 0 spiro atoms. The quantitative estimate of drug-likeness (QED) is 0.0323. The molecule has 18 aromatic rings. The van der Waals surface area contributed by atoms with Gasteiger partial charge in [0.2, 0.25) is 22.6 Å². The van der Waals surface area contributed by atoms with Crippen molar-refractivity contribution in [2.24, 2.45) is 0 Å². The number of benzene rings is 6. The lowest BCUT2D eigenvalue weighted by molar-refractivity contribution is -0.0177. The lowest BCUT2D eigenvalue weighted by Gasteiger charge is -2.10. The Morgan fingerprint density at radius 1 is 0.295 bits per heavy atom. The van der Waals surface area contributed by atoms with E-state index in [1.807, 2.05) is 127 Å². The van der Waals surface area contributed by atoms with Crippen molar-refractivity contribution in [3.05, 3.63) is 277 Å². The van der Waals surface area contributed by atoms with Crippen LogP contribution in [-0.4, -0.2) is 124 Å². The van der Waals surface area contributed by atoms with Crippen LogP contribution in [0.2, 0.25) is 0 Å². The molecule has 0 amide bonds. The first-order valence-corrected chi connectivity index (χ1v) is 42.4. The molecule has 12 aromatic heterocycles. The molecule has 12 heterocycles. The Bertz CT molecular complexity index is 7020. The van der Waals surface area contributed by atoms with Crippen molar-refractivity contribution in [1.29, 1.82) is 0 Å². The van der Waals surface area contributed by atoms with Crippen LogP contribution in [0.25, 0.3) is 34.7 Å². The summed E-state index contributed by atoms with van der Waals surface area (Å²) in [7, 11) is 0. The Hall–Kier alpha value is -15.0. The van der Waals surface area contributed by atoms with E-state index in [4.69, 9.17) is 0 Å². The van der Waals surface area contributed by atoms with Gasteiger partial charge in [-0.25, -0.2) is 51.9 Å². The second kappa shape index (κ2) is 39.5. The summed E-state index contributed by atoms with van der Waals surface area (Å²) >= 11 is 1.51. The Morgan fingerprint density at radius 2 is 0.576 bits per heavy atom. The largest absolute Gasteiger partial charge is 0.340 e. The minimum absolute atomic E-state index is 0.00629. The number of aryl methyl sites for hydroxylation is 12. The summed E-state index contributed by atoms with van der Waals surface area (Å²) in [6, 6.07) is 44.0. The average molecular weight is 1830 g/mol. The van der Waals surface area contributed by atoms with Crippen molar-refractivity contribution < 1.29 is 48.3 Å². The molecule has 6 N–H and O–H groups in total. The van der Waals surface area contributed by atoms with E-state index in [1.54, 1.807) is 67.9 Å². The zero-order valence-electron chi connectivity index (χ0n) is 74.9. The zero-order valence-corrected chi connectivity index (χ0v) is 75.7. The summed E-state index contributed by atoms with van der Waals surface area (Å²) in [6.45, 7) is 28.6. The normalized spacial score (nSPS) is 11.5. The minimum atomic E-state index is -3.24. The smallest absolute Gasteiger partial charge is 0.308 e. The Morgan fingerprint density at radius 3 is 0.909 bits per heavy atom. The van der Waals surface area contributed by atoms with Gasteiger partial charge < -0.3 is 31.9 Å². The maximum Gasteiger partial charge on any atom is 0.308 e. The molecule has 0 bridgehead atoms. The van der Waals surface area contributed by atoms with Crippen LogP contribution >= 0.6 is 11.8 Å². The summed E-state index contributed by atoms with van der Waals surface area (Å²) in [6.07, 6.45) is 1.98. The van der Waals surface area contributed by atoms with Crippen molar-refractivity contribution in [1.82, 2.24) is 117 Å². The number of thioether (sulfide) groups is 1. The molecule has 6 aromatic carbocycles. The zero-order chi connectivity index (χ0) is 95.1. The highest BCUT2D eigenvalue weighted by Crippen LogP contribution is 2.35. The molecule has 0 radical (unpaired) electrons. The van der Waals surface area contributed by atoms with Crippen LogP contribution in [0.1, 0.15) is 137 Å². The third kappa shape index (κ3) is 22.8. The van der Waals surface area contributed by atoms with Crippen LogP contribution in [0.5, 0.6) is 0 Å². The van der Waals surface area contributed by atoms with E-state index < -0.39 is 58.5 Å². The molecule has 0 fully saturated rings. The van der Waals surface area contributed by atoms with Gasteiger partial charge in [-0.15, -0.1) is 30.6 Å². The lowest BCUT2D eigenvalue weighted by atomic mass is 10.2. The standard InChI is InChI=1S/2C16H17F2N5.C15H13F4N5.C15H16FN5.C14H13F2N5.C14H15N5S/c2*1-4-16(17,18)14-21-15-19-11(3)9-13(23(15)22-14)20-12-7-5-10(2)6-8-12;1-7-4-12(21-9-5-10(16)8(2)11(17)6-9)24-14(20-7)22-13(23-24)15(3,18)19;1-4-13-19-15-17-10(3)7-14(21(15)20-13)18-11-6-5-9(2)12(16)8-11;1-7-4-13(21-14(17-7)18-9(3)20-21)19-10-5-11(15)8(2)12(16)6-10;1-9-4-6-11(7-5-9)16-12-8-10(2)15-13-17-14(20-3)18-19(12)13/h2*5-9,20H,4H2,1-3H3;4-6,21H,1-3H3;5-8,18H,4H2,1-3H3;4-6,19H,1-3H3;4-8,16H,1-3H3. The number of nitrogens with zero attached hydrogens (tertiary/aromatic N) is 24. The Kier molecular flexibility index (Phi) is 28.3. The van der Waals surface area contributed by atoms with Crippen molar-refractivity contribution in [3.63, 3.8) is 0 Å². The van der Waals surface area contributed by atoms with Gasteiger partial charge in [-0.3, -0.25) is 0 Å². The van der Waals surface area contributed by atoms with E-state index in [0.29, 0.717) is 87.4 Å². The maximum atomic E-state index is 13.8. The molecule has 0 aliphatic rings. The fraction of sp³-hybridized carbons (Fsp3) is 0.267. The number of alkyl halides is 6. The van der Waals surface area contributed by atoms with Gasteiger partial charge in [-0.1, -0.05) is 91.7 Å². The second-order valence-corrected chi connectivity index (χ2v) is 31.6. The van der Waals surface area contributed by atoms with Gasteiger partial charge in [0.1, 0.15) is 69.8 Å². The van der Waals surface area contributed by atoms with Crippen molar-refractivity contribution in [3.8, 4) is 0 Å². The highest BCUT2D eigenvalue weighted by atomic mass is 32.2. The van der Waals surface area contributed by atoms with Gasteiger partial charge >= 0.3 is 17.8 Å². The van der Waals surface area contributed by atoms with Gasteiger partial charge in [-0.2, -0.15) is 83.3 Å². The van der Waals surface area contributed by atoms with E-state index in [-0.39, 0.29) is 58.6 Å². The number of anilines is 12. The monoisotopic (exact) mass is 1830 g/mol. The summed E-state index contributed by atoms with van der Waals surface area (Å²) in [5.41, 5.74) is 12.1. The molecule has 42 heteroatoms. The molecule has 132 heavy (non-hydrogen) atoms. The minimum Gasteiger partial charge on any atom is -0.340 e. The first kappa shape index (κ1) is 94.6. The summed E-state index contributed by atoms with van der Waals surface area (Å²) in [5, 5.41) is 43.9. The fourth-order valence-corrected chi connectivity index (χ4v) is 12.9. The van der Waals surface area contributed by atoms with Crippen LogP contribution in [0.4, 0.5) is 117 Å². The maximum absolute atomic E-state index is 13.8. The molecule has 684 valence electrons. The molecular formula is C90H91F11N30S. The van der Waals surface area contributed by atoms with Gasteiger partial charge in [0.15, 0.2) is 5.82 Å². The molecule has 0 unspecified atom stereocenters. The number of halogens is 11. The van der Waals surface area contributed by atoms with Crippen molar-refractivity contribution in [2.45, 2.75) is 160 Å². The summed E-state index contributed by atoms with van der Waals surface area (Å²) < 4.78 is 159. The Labute approximate surface area is 753 Å². The number of aromatic nitrogens is 24. The highest BCUT2D eigenvalue weighted by Gasteiger charge is 2.37. The van der Waals surface area contributed by atoms with Crippen LogP contribution < -0.4 is 31.9 Å². The number of hydrogen-bond donors (Lipinski definition) is 6. The second-order valence-electron chi connectivity index (χ2n) is 30.9. The van der Waals surface area contributed by atoms with Gasteiger partial charge in [-0.05, 0) is 175 Å². The predicted octanol–water partition coefficient (Wildman–Crippen LogP) is 21.3.